The molecule has 0 aromatic heterocycles. The average molecular weight is 352 g/mol. The molecule has 4 N–H and O–H groups in total. The third-order valence-electron chi connectivity index (χ3n) is 4.20. The Morgan fingerprint density at radius 3 is 2.60 bits per heavy atom. The van der Waals surface area contributed by atoms with Gasteiger partial charge in [0.2, 0.25) is 0 Å². The number of hydrogen-bond acceptors (Lipinski definition) is 5. The molecule has 8 heteroatoms. The number of amides is 2. The predicted molar refractivity (Wildman–Crippen MR) is 89.9 cm³/mol. The molecule has 1 aliphatic rings. The number of carboxylic acid groups (broad SMARTS) is 1. The fourth-order valence-electron chi connectivity index (χ4n) is 2.79. The van der Waals surface area contributed by atoms with Crippen LogP contribution in [0.1, 0.15) is 25.7 Å². The van der Waals surface area contributed by atoms with Gasteiger partial charge in [-0.1, -0.05) is 18.9 Å². The van der Waals surface area contributed by atoms with E-state index in [4.69, 9.17) is 9.47 Å². The highest BCUT2D eigenvalue weighted by Crippen LogP contribution is 2.29. The quantitative estimate of drug-likeness (QED) is 0.557. The van der Waals surface area contributed by atoms with Gasteiger partial charge >= 0.3 is 12.0 Å². The zero-order chi connectivity index (χ0) is 18.3. The van der Waals surface area contributed by atoms with Gasteiger partial charge in [0.1, 0.15) is 29.7 Å². The summed E-state index contributed by atoms with van der Waals surface area (Å²) in [7, 11) is 1.55. The van der Waals surface area contributed by atoms with E-state index in [-0.39, 0.29) is 13.2 Å². The molecule has 0 heterocycles. The number of aliphatic carboxylic acids is 1. The van der Waals surface area contributed by atoms with Crippen molar-refractivity contribution in [3.05, 3.63) is 24.3 Å². The Kier molecular flexibility index (Phi) is 6.46. The van der Waals surface area contributed by atoms with Gasteiger partial charge in [0, 0.05) is 12.6 Å². The lowest BCUT2D eigenvalue weighted by atomic mass is 9.98. The molecule has 1 aliphatic carbocycles. The highest BCUT2D eigenvalue weighted by molar-refractivity contribution is 5.86. The third-order valence-corrected chi connectivity index (χ3v) is 4.20. The molecule has 0 radical (unpaired) electrons. The summed E-state index contributed by atoms with van der Waals surface area (Å²) >= 11 is 0. The minimum Gasteiger partial charge on any atom is -0.497 e. The van der Waals surface area contributed by atoms with Crippen LogP contribution in [0.2, 0.25) is 0 Å². The average Bonchev–Trinajstić information content (AvgIpc) is 3.08. The predicted octanol–water partition coefficient (Wildman–Crippen LogP) is 1.13. The molecule has 0 saturated heterocycles. The van der Waals surface area contributed by atoms with E-state index < -0.39 is 23.6 Å². The normalized spacial score (nSPS) is 16.7. The summed E-state index contributed by atoms with van der Waals surface area (Å²) < 4.78 is 10.5. The van der Waals surface area contributed by atoms with Gasteiger partial charge in [-0.05, 0) is 25.0 Å². The summed E-state index contributed by atoms with van der Waals surface area (Å²) in [5.41, 5.74) is -1.20. The first kappa shape index (κ1) is 18.9. The molecule has 0 bridgehead atoms. The van der Waals surface area contributed by atoms with Crippen molar-refractivity contribution in [2.45, 2.75) is 37.3 Å². The molecule has 1 saturated carbocycles. The highest BCUT2D eigenvalue weighted by Gasteiger charge is 2.42. The molecule has 2 rings (SSSR count). The van der Waals surface area contributed by atoms with E-state index in [0.717, 1.165) is 12.8 Å². The lowest BCUT2D eigenvalue weighted by molar-refractivity contribution is -0.144. The molecule has 8 nitrogen and oxygen atoms in total. The first-order valence-electron chi connectivity index (χ1n) is 8.19. The molecule has 1 atom stereocenters. The number of methoxy groups -OCH3 is 1. The number of hydrogen-bond donors (Lipinski definition) is 4. The molecule has 25 heavy (non-hydrogen) atoms. The van der Waals surface area contributed by atoms with E-state index in [1.165, 1.54) is 0 Å². The van der Waals surface area contributed by atoms with Gasteiger partial charge in [-0.2, -0.15) is 0 Å². The van der Waals surface area contributed by atoms with Crippen molar-refractivity contribution in [3.63, 3.8) is 0 Å². The van der Waals surface area contributed by atoms with Crippen molar-refractivity contribution in [2.24, 2.45) is 0 Å². The summed E-state index contributed by atoms with van der Waals surface area (Å²) in [6.07, 6.45) is 1.43. The van der Waals surface area contributed by atoms with Crippen LogP contribution in [0.15, 0.2) is 24.3 Å². The van der Waals surface area contributed by atoms with Crippen molar-refractivity contribution in [1.82, 2.24) is 10.6 Å². The number of aliphatic hydroxyl groups is 1. The second-order valence-electron chi connectivity index (χ2n) is 6.07. The Hall–Kier alpha value is -2.48. The lowest BCUT2D eigenvalue weighted by Crippen LogP contribution is -2.56. The molecule has 1 aromatic carbocycles. The summed E-state index contributed by atoms with van der Waals surface area (Å²) in [6.45, 7) is -0.0664. The van der Waals surface area contributed by atoms with E-state index in [2.05, 4.69) is 10.6 Å². The standard InChI is InChI=1S/C17H24N2O6/c1-24-13-5-4-6-14(9-13)25-11-12(20)10-18-16(23)19-17(15(21)22)7-2-3-8-17/h4-6,9,12,20H,2-3,7-8,10-11H2,1H3,(H,21,22)(H2,18,19,23). The fraction of sp³-hybridized carbons (Fsp3) is 0.529. The number of carbonyl (C=O) groups excluding carboxylic acids is 1. The maximum absolute atomic E-state index is 11.9. The van der Waals surface area contributed by atoms with Crippen LogP contribution in [0.3, 0.4) is 0 Å². The fourth-order valence-corrected chi connectivity index (χ4v) is 2.79. The van der Waals surface area contributed by atoms with Crippen LogP contribution in [0.25, 0.3) is 0 Å². The highest BCUT2D eigenvalue weighted by atomic mass is 16.5. The zero-order valence-electron chi connectivity index (χ0n) is 14.2. The van der Waals surface area contributed by atoms with Crippen molar-refractivity contribution < 1.29 is 29.3 Å². The SMILES string of the molecule is COc1cccc(OCC(O)CNC(=O)NC2(C(=O)O)CCCC2)c1. The number of ether oxygens (including phenoxy) is 2. The number of aliphatic hydroxyl groups excluding tert-OH is 1. The topological polar surface area (TPSA) is 117 Å². The van der Waals surface area contributed by atoms with Crippen molar-refractivity contribution in [1.29, 1.82) is 0 Å². The summed E-state index contributed by atoms with van der Waals surface area (Å²) in [5.74, 6) is 0.153. The van der Waals surface area contributed by atoms with Gasteiger partial charge in [0.15, 0.2) is 0 Å². The molecule has 0 spiro atoms. The monoisotopic (exact) mass is 352 g/mol. The first-order valence-corrected chi connectivity index (χ1v) is 8.19. The first-order chi connectivity index (χ1) is 11.9. The van der Waals surface area contributed by atoms with Gasteiger partial charge in [-0.25, -0.2) is 9.59 Å². The number of urea groups is 1. The molecule has 1 fully saturated rings. The Bertz CT molecular complexity index is 601. The largest absolute Gasteiger partial charge is 0.497 e. The van der Waals surface area contributed by atoms with Gasteiger partial charge < -0.3 is 30.3 Å². The minimum absolute atomic E-state index is 0.0163. The zero-order valence-corrected chi connectivity index (χ0v) is 14.2. The van der Waals surface area contributed by atoms with Crippen LogP contribution < -0.4 is 20.1 Å². The van der Waals surface area contributed by atoms with Crippen molar-refractivity contribution in [3.8, 4) is 11.5 Å². The van der Waals surface area contributed by atoms with Gasteiger partial charge in [-0.15, -0.1) is 0 Å². The molecule has 2 amide bonds. The molecular weight excluding hydrogens is 328 g/mol. The second-order valence-corrected chi connectivity index (χ2v) is 6.07. The van der Waals surface area contributed by atoms with E-state index in [1.54, 1.807) is 31.4 Å². The maximum Gasteiger partial charge on any atom is 0.329 e. The lowest BCUT2D eigenvalue weighted by Gasteiger charge is -2.25. The molecular formula is C17H24N2O6. The number of carboxylic acids is 1. The van der Waals surface area contributed by atoms with E-state index in [9.17, 15) is 19.8 Å². The van der Waals surface area contributed by atoms with Crippen LogP contribution in [-0.4, -0.2) is 54.1 Å². The number of carbonyl (C=O) groups is 2. The van der Waals surface area contributed by atoms with E-state index in [0.29, 0.717) is 24.3 Å². The van der Waals surface area contributed by atoms with Gasteiger partial charge in [-0.3, -0.25) is 0 Å². The molecule has 0 aliphatic heterocycles. The van der Waals surface area contributed by atoms with Crippen LogP contribution >= 0.6 is 0 Å². The van der Waals surface area contributed by atoms with Crippen molar-refractivity contribution >= 4 is 12.0 Å². The van der Waals surface area contributed by atoms with Crippen LogP contribution in [-0.2, 0) is 4.79 Å². The van der Waals surface area contributed by atoms with E-state index in [1.807, 2.05) is 0 Å². The molecule has 1 unspecified atom stereocenters. The van der Waals surface area contributed by atoms with E-state index >= 15 is 0 Å². The Morgan fingerprint density at radius 2 is 1.96 bits per heavy atom. The molecule has 1 aromatic rings. The van der Waals surface area contributed by atoms with Gasteiger partial charge in [0.25, 0.3) is 0 Å². The smallest absolute Gasteiger partial charge is 0.329 e. The minimum atomic E-state index is -1.20. The molecule has 138 valence electrons. The number of benzene rings is 1. The van der Waals surface area contributed by atoms with Crippen LogP contribution in [0, 0.1) is 0 Å². The summed E-state index contributed by atoms with van der Waals surface area (Å²) in [4.78, 5) is 23.3. The van der Waals surface area contributed by atoms with Crippen LogP contribution in [0.4, 0.5) is 4.79 Å². The third kappa shape index (κ3) is 5.25. The van der Waals surface area contributed by atoms with Crippen molar-refractivity contribution in [2.75, 3.05) is 20.3 Å². The summed E-state index contributed by atoms with van der Waals surface area (Å²) in [5, 5.41) is 24.2. The van der Waals surface area contributed by atoms with Gasteiger partial charge in [0.05, 0.1) is 7.11 Å². The van der Waals surface area contributed by atoms with Crippen LogP contribution in [0.5, 0.6) is 11.5 Å². The Labute approximate surface area is 146 Å². The second kappa shape index (κ2) is 8.57. The maximum atomic E-state index is 11.9. The Balaban J connectivity index is 1.74. The Morgan fingerprint density at radius 1 is 1.28 bits per heavy atom. The summed E-state index contributed by atoms with van der Waals surface area (Å²) in [6, 6.07) is 6.34. The number of rotatable bonds is 8. The number of nitrogens with one attached hydrogen (secondary N) is 2.